The van der Waals surface area contributed by atoms with Gasteiger partial charge >= 0.3 is 0 Å². The van der Waals surface area contributed by atoms with Gasteiger partial charge in [-0.2, -0.15) is 0 Å². The number of amides is 1. The third-order valence-electron chi connectivity index (χ3n) is 7.84. The lowest BCUT2D eigenvalue weighted by Gasteiger charge is -2.54. The van der Waals surface area contributed by atoms with Gasteiger partial charge in [-0.3, -0.25) is 9.78 Å². The summed E-state index contributed by atoms with van der Waals surface area (Å²) >= 11 is 0. The Balaban J connectivity index is 1.39. The van der Waals surface area contributed by atoms with Crippen LogP contribution in [0.1, 0.15) is 57.1 Å². The maximum Gasteiger partial charge on any atom is 0.226 e. The summed E-state index contributed by atoms with van der Waals surface area (Å²) in [6.07, 6.45) is 11.9. The van der Waals surface area contributed by atoms with Crippen LogP contribution in [0.15, 0.2) is 24.4 Å². The van der Waals surface area contributed by atoms with Crippen molar-refractivity contribution in [2.45, 2.75) is 64.0 Å². The predicted octanol–water partition coefficient (Wildman–Crippen LogP) is 3.62. The molecule has 4 nitrogen and oxygen atoms in total. The number of hydrogen-bond donors (Lipinski definition) is 1. The van der Waals surface area contributed by atoms with E-state index >= 15 is 0 Å². The summed E-state index contributed by atoms with van der Waals surface area (Å²) in [5.41, 5.74) is 1.03. The van der Waals surface area contributed by atoms with E-state index in [0.29, 0.717) is 30.3 Å². The van der Waals surface area contributed by atoms with Crippen LogP contribution in [0.25, 0.3) is 0 Å². The van der Waals surface area contributed by atoms with E-state index in [1.54, 1.807) is 0 Å². The SMILES string of the molecule is O=C(C1C2CC3CC(C2)CC1C3)N(Cc1ccccn1)C1CCCNCC1. The molecule has 1 unspecified atom stereocenters. The summed E-state index contributed by atoms with van der Waals surface area (Å²) in [5, 5.41) is 3.51. The Morgan fingerprint density at radius 2 is 1.81 bits per heavy atom. The van der Waals surface area contributed by atoms with Crippen LogP contribution in [-0.4, -0.2) is 34.9 Å². The lowest BCUT2D eigenvalue weighted by Crippen LogP contribution is -2.53. The summed E-state index contributed by atoms with van der Waals surface area (Å²) in [5.74, 6) is 3.90. The van der Waals surface area contributed by atoms with Gasteiger partial charge in [0, 0.05) is 18.2 Å². The van der Waals surface area contributed by atoms with Gasteiger partial charge in [0.2, 0.25) is 5.91 Å². The Hall–Kier alpha value is -1.42. The second-order valence-corrected chi connectivity index (χ2v) is 9.58. The van der Waals surface area contributed by atoms with E-state index in [4.69, 9.17) is 0 Å². The molecule has 6 rings (SSSR count). The molecule has 1 aliphatic heterocycles. The average Bonchev–Trinajstić information content (AvgIpc) is 2.95. The van der Waals surface area contributed by atoms with Crippen LogP contribution >= 0.6 is 0 Å². The normalized spacial score (nSPS) is 37.8. The summed E-state index contributed by atoms with van der Waals surface area (Å²) < 4.78 is 0. The highest BCUT2D eigenvalue weighted by molar-refractivity contribution is 5.80. The van der Waals surface area contributed by atoms with Gasteiger partial charge in [0.25, 0.3) is 0 Å². The molecule has 5 fully saturated rings. The standard InChI is InChI=1S/C23H33N3O/c27-23(22-18-11-16-10-17(13-18)14-19(22)12-16)26(15-20-4-1-2-8-25-20)21-5-3-7-24-9-6-21/h1-2,4,8,16-19,21-22,24H,3,5-7,9-15H2. The number of nitrogens with one attached hydrogen (secondary N) is 1. The molecule has 146 valence electrons. The zero-order chi connectivity index (χ0) is 18.2. The molecule has 0 aromatic carbocycles. The Kier molecular flexibility index (Phi) is 4.93. The molecule has 4 bridgehead atoms. The van der Waals surface area contributed by atoms with Gasteiger partial charge in [0.1, 0.15) is 0 Å². The van der Waals surface area contributed by atoms with Crippen LogP contribution in [-0.2, 0) is 11.3 Å². The quantitative estimate of drug-likeness (QED) is 0.884. The second kappa shape index (κ2) is 7.54. The third kappa shape index (κ3) is 3.53. The molecule has 1 amide bonds. The highest BCUT2D eigenvalue weighted by Gasteiger charge is 2.52. The van der Waals surface area contributed by atoms with Crippen LogP contribution in [0.5, 0.6) is 0 Å². The fourth-order valence-electron chi connectivity index (χ4n) is 6.89. The number of carbonyl (C=O) groups excluding carboxylic acids is 1. The first-order valence-electron chi connectivity index (χ1n) is 11.2. The topological polar surface area (TPSA) is 45.2 Å². The molecule has 1 aromatic heterocycles. The van der Waals surface area contributed by atoms with Gasteiger partial charge in [-0.15, -0.1) is 0 Å². The first-order valence-corrected chi connectivity index (χ1v) is 11.2. The van der Waals surface area contributed by atoms with Crippen molar-refractivity contribution in [2.75, 3.05) is 13.1 Å². The number of hydrogen-bond acceptors (Lipinski definition) is 3. The number of aromatic nitrogens is 1. The predicted molar refractivity (Wildman–Crippen MR) is 106 cm³/mol. The van der Waals surface area contributed by atoms with E-state index in [9.17, 15) is 4.79 Å². The van der Waals surface area contributed by atoms with E-state index in [0.717, 1.165) is 43.5 Å². The lowest BCUT2D eigenvalue weighted by molar-refractivity contribution is -0.152. The fraction of sp³-hybridized carbons (Fsp3) is 0.739. The van der Waals surface area contributed by atoms with Crippen molar-refractivity contribution in [3.8, 4) is 0 Å². The Morgan fingerprint density at radius 1 is 1.04 bits per heavy atom. The molecule has 5 aliphatic rings. The van der Waals surface area contributed by atoms with Crippen LogP contribution in [0.3, 0.4) is 0 Å². The molecule has 1 atom stereocenters. The Bertz CT molecular complexity index is 625. The van der Waals surface area contributed by atoms with Crippen LogP contribution in [0.4, 0.5) is 0 Å². The van der Waals surface area contributed by atoms with Crippen molar-refractivity contribution in [3.63, 3.8) is 0 Å². The molecule has 4 aliphatic carbocycles. The molecule has 0 spiro atoms. The fourth-order valence-corrected chi connectivity index (χ4v) is 6.89. The smallest absolute Gasteiger partial charge is 0.226 e. The molecule has 1 N–H and O–H groups in total. The maximum atomic E-state index is 13.9. The minimum atomic E-state index is 0.290. The number of rotatable bonds is 4. The van der Waals surface area contributed by atoms with Gasteiger partial charge in [-0.05, 0) is 100 Å². The second-order valence-electron chi connectivity index (χ2n) is 9.58. The zero-order valence-corrected chi connectivity index (χ0v) is 16.4. The maximum absolute atomic E-state index is 13.9. The van der Waals surface area contributed by atoms with Crippen molar-refractivity contribution in [1.29, 1.82) is 0 Å². The highest BCUT2D eigenvalue weighted by atomic mass is 16.2. The Labute approximate surface area is 163 Å². The first-order chi connectivity index (χ1) is 13.3. The van der Waals surface area contributed by atoms with Crippen molar-refractivity contribution in [1.82, 2.24) is 15.2 Å². The largest absolute Gasteiger partial charge is 0.334 e. The monoisotopic (exact) mass is 367 g/mol. The van der Waals surface area contributed by atoms with E-state index in [2.05, 4.69) is 21.3 Å². The summed E-state index contributed by atoms with van der Waals surface area (Å²) in [4.78, 5) is 20.7. The zero-order valence-electron chi connectivity index (χ0n) is 16.4. The van der Waals surface area contributed by atoms with Crippen LogP contribution in [0, 0.1) is 29.6 Å². The minimum absolute atomic E-state index is 0.290. The van der Waals surface area contributed by atoms with Gasteiger partial charge < -0.3 is 10.2 Å². The number of pyridine rings is 1. The van der Waals surface area contributed by atoms with Crippen LogP contribution < -0.4 is 5.32 Å². The highest BCUT2D eigenvalue weighted by Crippen LogP contribution is 2.57. The number of carbonyl (C=O) groups is 1. The van der Waals surface area contributed by atoms with E-state index in [1.807, 2.05) is 18.3 Å². The molecule has 27 heavy (non-hydrogen) atoms. The van der Waals surface area contributed by atoms with E-state index in [1.165, 1.54) is 38.5 Å². The lowest BCUT2D eigenvalue weighted by atomic mass is 9.51. The summed E-state index contributed by atoms with van der Waals surface area (Å²) in [6.45, 7) is 2.80. The van der Waals surface area contributed by atoms with Gasteiger partial charge in [-0.1, -0.05) is 6.07 Å². The molecular formula is C23H33N3O. The van der Waals surface area contributed by atoms with Crippen LogP contribution in [0.2, 0.25) is 0 Å². The molecule has 4 saturated carbocycles. The summed E-state index contributed by atoms with van der Waals surface area (Å²) in [7, 11) is 0. The van der Waals surface area contributed by atoms with E-state index < -0.39 is 0 Å². The number of nitrogens with zero attached hydrogens (tertiary/aromatic N) is 2. The molecular weight excluding hydrogens is 334 g/mol. The first kappa shape index (κ1) is 17.7. The van der Waals surface area contributed by atoms with Gasteiger partial charge in [0.15, 0.2) is 0 Å². The average molecular weight is 368 g/mol. The van der Waals surface area contributed by atoms with Gasteiger partial charge in [0.05, 0.1) is 12.2 Å². The van der Waals surface area contributed by atoms with Crippen molar-refractivity contribution < 1.29 is 4.79 Å². The van der Waals surface area contributed by atoms with Crippen molar-refractivity contribution in [3.05, 3.63) is 30.1 Å². The Morgan fingerprint density at radius 3 is 2.52 bits per heavy atom. The summed E-state index contributed by atoms with van der Waals surface area (Å²) in [6, 6.07) is 6.45. The van der Waals surface area contributed by atoms with Crippen molar-refractivity contribution in [2.24, 2.45) is 29.6 Å². The van der Waals surface area contributed by atoms with Crippen molar-refractivity contribution >= 4 is 5.91 Å². The third-order valence-corrected chi connectivity index (χ3v) is 7.84. The minimum Gasteiger partial charge on any atom is -0.334 e. The molecule has 1 saturated heterocycles. The molecule has 0 radical (unpaired) electrons. The molecule has 1 aromatic rings. The molecule has 2 heterocycles. The van der Waals surface area contributed by atoms with Gasteiger partial charge in [-0.25, -0.2) is 0 Å². The molecule has 4 heteroatoms. The van der Waals surface area contributed by atoms with E-state index in [-0.39, 0.29) is 5.92 Å².